The van der Waals surface area contributed by atoms with E-state index in [1.807, 2.05) is 50.2 Å². The average molecular weight is 377 g/mol. The molecule has 3 aromatic heterocycles. The summed E-state index contributed by atoms with van der Waals surface area (Å²) in [6, 6.07) is 4.54. The monoisotopic (exact) mass is 377 g/mol. The predicted octanol–water partition coefficient (Wildman–Crippen LogP) is 3.67. The molecule has 3 aromatic rings. The average Bonchev–Trinajstić information content (AvgIpc) is 3.16. The van der Waals surface area contributed by atoms with Gasteiger partial charge in [-0.15, -0.1) is 0 Å². The molecule has 0 spiro atoms. The van der Waals surface area contributed by atoms with Crippen LogP contribution in [0.2, 0.25) is 0 Å². The molecule has 1 aliphatic rings. The molecule has 7 heteroatoms. The molecule has 2 N–H and O–H groups in total. The number of nitrogens with zero attached hydrogens (tertiary/aromatic N) is 5. The maximum atomic E-state index is 4.80. The number of rotatable bonds is 7. The van der Waals surface area contributed by atoms with Crippen LogP contribution in [0.1, 0.15) is 37.7 Å². The Kier molecular flexibility index (Phi) is 5.80. The minimum Gasteiger partial charge on any atom is -0.367 e. The van der Waals surface area contributed by atoms with Crippen molar-refractivity contribution < 1.29 is 0 Å². The van der Waals surface area contributed by atoms with E-state index in [1.165, 1.54) is 37.7 Å². The number of pyridine rings is 1. The molecule has 1 aliphatic carbocycles. The SMILES string of the molecule is Cn1cc(-c2cnc(NCCc3ccncc3)nc2NC2CCCCC2)cn1. The molecule has 0 aliphatic heterocycles. The summed E-state index contributed by atoms with van der Waals surface area (Å²) in [6.45, 7) is 0.777. The van der Waals surface area contributed by atoms with Gasteiger partial charge in [0.2, 0.25) is 5.95 Å². The Hall–Kier alpha value is -2.96. The highest BCUT2D eigenvalue weighted by atomic mass is 15.2. The van der Waals surface area contributed by atoms with Gasteiger partial charge in [-0.2, -0.15) is 10.1 Å². The van der Waals surface area contributed by atoms with Crippen LogP contribution in [0, 0.1) is 0 Å². The number of aromatic nitrogens is 5. The Morgan fingerprint density at radius 3 is 2.68 bits per heavy atom. The summed E-state index contributed by atoms with van der Waals surface area (Å²) in [5.74, 6) is 1.54. The van der Waals surface area contributed by atoms with Crippen LogP contribution in [0.4, 0.5) is 11.8 Å². The molecule has 146 valence electrons. The first-order valence-corrected chi connectivity index (χ1v) is 10.0. The zero-order valence-corrected chi connectivity index (χ0v) is 16.3. The molecule has 0 radical (unpaired) electrons. The topological polar surface area (TPSA) is 80.5 Å². The predicted molar refractivity (Wildman–Crippen MR) is 111 cm³/mol. The normalized spacial score (nSPS) is 14.8. The fraction of sp³-hybridized carbons (Fsp3) is 0.429. The molecule has 1 saturated carbocycles. The van der Waals surface area contributed by atoms with Gasteiger partial charge in [0.1, 0.15) is 5.82 Å². The highest BCUT2D eigenvalue weighted by Crippen LogP contribution is 2.29. The van der Waals surface area contributed by atoms with Crippen LogP contribution in [0.5, 0.6) is 0 Å². The van der Waals surface area contributed by atoms with E-state index in [-0.39, 0.29) is 0 Å². The van der Waals surface area contributed by atoms with E-state index in [4.69, 9.17) is 4.98 Å². The lowest BCUT2D eigenvalue weighted by Gasteiger charge is -2.24. The van der Waals surface area contributed by atoms with Gasteiger partial charge in [0.05, 0.1) is 6.20 Å². The van der Waals surface area contributed by atoms with Crippen LogP contribution in [-0.2, 0) is 13.5 Å². The summed E-state index contributed by atoms with van der Waals surface area (Å²) in [5.41, 5.74) is 3.28. The second kappa shape index (κ2) is 8.82. The lowest BCUT2D eigenvalue weighted by atomic mass is 9.95. The van der Waals surface area contributed by atoms with E-state index in [9.17, 15) is 0 Å². The van der Waals surface area contributed by atoms with E-state index in [0.717, 1.165) is 29.9 Å². The first kappa shape index (κ1) is 18.4. The van der Waals surface area contributed by atoms with Crippen molar-refractivity contribution in [3.63, 3.8) is 0 Å². The Bertz CT molecular complexity index is 885. The highest BCUT2D eigenvalue weighted by Gasteiger charge is 2.17. The molecule has 0 amide bonds. The van der Waals surface area contributed by atoms with Crippen molar-refractivity contribution >= 4 is 11.8 Å². The maximum absolute atomic E-state index is 4.80. The Labute approximate surface area is 165 Å². The van der Waals surface area contributed by atoms with Gasteiger partial charge < -0.3 is 10.6 Å². The standard InChI is InChI=1S/C21H27N7/c1-28-15-17(13-25-28)19-14-24-21(23-12-9-16-7-10-22-11-8-16)27-20(19)26-18-5-3-2-4-6-18/h7-8,10-11,13-15,18H,2-6,9,12H2,1H3,(H2,23,24,26,27). The number of hydrogen-bond donors (Lipinski definition) is 2. The van der Waals surface area contributed by atoms with Crippen molar-refractivity contribution in [2.24, 2.45) is 7.05 Å². The third-order valence-electron chi connectivity index (χ3n) is 5.20. The molecule has 0 bridgehead atoms. The first-order chi connectivity index (χ1) is 13.8. The van der Waals surface area contributed by atoms with E-state index < -0.39 is 0 Å². The largest absolute Gasteiger partial charge is 0.367 e. The van der Waals surface area contributed by atoms with Crippen molar-refractivity contribution in [2.45, 2.75) is 44.6 Å². The van der Waals surface area contributed by atoms with Crippen molar-refractivity contribution in [1.29, 1.82) is 0 Å². The quantitative estimate of drug-likeness (QED) is 0.654. The molecule has 1 fully saturated rings. The van der Waals surface area contributed by atoms with Gasteiger partial charge in [-0.25, -0.2) is 4.98 Å². The Balaban J connectivity index is 1.50. The van der Waals surface area contributed by atoms with E-state index in [2.05, 4.69) is 25.7 Å². The second-order valence-electron chi connectivity index (χ2n) is 7.37. The summed E-state index contributed by atoms with van der Waals surface area (Å²) in [6.07, 6.45) is 16.6. The summed E-state index contributed by atoms with van der Waals surface area (Å²) in [5, 5.41) is 11.3. The third-order valence-corrected chi connectivity index (χ3v) is 5.20. The molecule has 7 nitrogen and oxygen atoms in total. The van der Waals surface area contributed by atoms with Gasteiger partial charge in [-0.3, -0.25) is 9.67 Å². The molecule has 0 atom stereocenters. The summed E-state index contributed by atoms with van der Waals surface area (Å²) in [7, 11) is 1.92. The zero-order valence-electron chi connectivity index (χ0n) is 16.3. The maximum Gasteiger partial charge on any atom is 0.224 e. The van der Waals surface area contributed by atoms with Crippen molar-refractivity contribution in [3.05, 3.63) is 48.7 Å². The van der Waals surface area contributed by atoms with Crippen LogP contribution in [0.3, 0.4) is 0 Å². The number of nitrogens with one attached hydrogen (secondary N) is 2. The highest BCUT2D eigenvalue weighted by molar-refractivity contribution is 5.74. The lowest BCUT2D eigenvalue weighted by molar-refractivity contribution is 0.462. The number of hydrogen-bond acceptors (Lipinski definition) is 6. The van der Waals surface area contributed by atoms with Gasteiger partial charge >= 0.3 is 0 Å². The third kappa shape index (κ3) is 4.65. The molecular weight excluding hydrogens is 350 g/mol. The minimum atomic E-state index is 0.476. The van der Waals surface area contributed by atoms with E-state index in [1.54, 1.807) is 4.68 Å². The number of aryl methyl sites for hydroxylation is 1. The van der Waals surface area contributed by atoms with Crippen LogP contribution >= 0.6 is 0 Å². The van der Waals surface area contributed by atoms with E-state index in [0.29, 0.717) is 12.0 Å². The van der Waals surface area contributed by atoms with Gasteiger partial charge in [0.15, 0.2) is 0 Å². The van der Waals surface area contributed by atoms with Crippen LogP contribution in [-0.4, -0.2) is 37.3 Å². The van der Waals surface area contributed by atoms with Crippen LogP contribution in [0.15, 0.2) is 43.1 Å². The molecule has 3 heterocycles. The first-order valence-electron chi connectivity index (χ1n) is 10.0. The van der Waals surface area contributed by atoms with Gasteiger partial charge in [0.25, 0.3) is 0 Å². The molecule has 0 saturated heterocycles. The van der Waals surface area contributed by atoms with E-state index >= 15 is 0 Å². The number of anilines is 2. The fourth-order valence-corrected chi connectivity index (χ4v) is 3.66. The molecule has 0 unspecified atom stereocenters. The van der Waals surface area contributed by atoms with Crippen molar-refractivity contribution in [3.8, 4) is 11.1 Å². The van der Waals surface area contributed by atoms with Crippen molar-refractivity contribution in [1.82, 2.24) is 24.7 Å². The second-order valence-corrected chi connectivity index (χ2v) is 7.37. The molecule has 28 heavy (non-hydrogen) atoms. The van der Waals surface area contributed by atoms with Crippen LogP contribution < -0.4 is 10.6 Å². The molecule has 0 aromatic carbocycles. The Morgan fingerprint density at radius 2 is 1.93 bits per heavy atom. The lowest BCUT2D eigenvalue weighted by Crippen LogP contribution is -2.23. The van der Waals surface area contributed by atoms with Gasteiger partial charge in [0, 0.05) is 55.5 Å². The minimum absolute atomic E-state index is 0.476. The zero-order chi connectivity index (χ0) is 19.2. The molecule has 4 rings (SSSR count). The summed E-state index contributed by atoms with van der Waals surface area (Å²) < 4.78 is 1.81. The summed E-state index contributed by atoms with van der Waals surface area (Å²) in [4.78, 5) is 13.4. The van der Waals surface area contributed by atoms with Gasteiger partial charge in [-0.1, -0.05) is 19.3 Å². The van der Waals surface area contributed by atoms with Crippen molar-refractivity contribution in [2.75, 3.05) is 17.2 Å². The molecular formula is C21H27N7. The fourth-order valence-electron chi connectivity index (χ4n) is 3.66. The summed E-state index contributed by atoms with van der Waals surface area (Å²) >= 11 is 0. The Morgan fingerprint density at radius 1 is 1.11 bits per heavy atom. The smallest absolute Gasteiger partial charge is 0.224 e. The van der Waals surface area contributed by atoms with Crippen LogP contribution in [0.25, 0.3) is 11.1 Å². The van der Waals surface area contributed by atoms with Gasteiger partial charge in [-0.05, 0) is 37.0 Å².